The second kappa shape index (κ2) is 8.98. The fourth-order valence-electron chi connectivity index (χ4n) is 2.17. The number of carbonyl (C=O) groups excluding carboxylic acids is 2. The van der Waals surface area contributed by atoms with Crippen molar-refractivity contribution in [2.45, 2.75) is 11.8 Å². The molecule has 0 saturated carbocycles. The molecule has 0 aliphatic carbocycles. The monoisotopic (exact) mass is 343 g/mol. The molecule has 0 radical (unpaired) electrons. The number of hydrogen-bond donors (Lipinski definition) is 3. The van der Waals surface area contributed by atoms with Gasteiger partial charge in [-0.15, -0.1) is 11.8 Å². The zero-order valence-corrected chi connectivity index (χ0v) is 14.6. The van der Waals surface area contributed by atoms with Gasteiger partial charge in [0.2, 0.25) is 5.91 Å². The van der Waals surface area contributed by atoms with E-state index in [0.29, 0.717) is 17.8 Å². The Morgan fingerprint density at radius 3 is 2.62 bits per heavy atom. The highest BCUT2D eigenvalue weighted by atomic mass is 32.2. The quantitative estimate of drug-likeness (QED) is 0.675. The second-order valence-electron chi connectivity index (χ2n) is 5.04. The van der Waals surface area contributed by atoms with Crippen LogP contribution in [0.5, 0.6) is 0 Å². The summed E-state index contributed by atoms with van der Waals surface area (Å²) in [4.78, 5) is 25.0. The molecule has 6 heteroatoms. The number of hydrogen-bond acceptors (Lipinski definition) is 4. The Kier molecular flexibility index (Phi) is 6.69. The van der Waals surface area contributed by atoms with Crippen LogP contribution in [0.2, 0.25) is 0 Å². The van der Waals surface area contributed by atoms with Crippen molar-refractivity contribution < 1.29 is 9.59 Å². The lowest BCUT2D eigenvalue weighted by Crippen LogP contribution is -2.24. The molecule has 0 saturated heterocycles. The van der Waals surface area contributed by atoms with Crippen LogP contribution in [0, 0.1) is 0 Å². The van der Waals surface area contributed by atoms with Gasteiger partial charge >= 0.3 is 0 Å². The Hall–Kier alpha value is -2.47. The number of nitrogens with one attached hydrogen (secondary N) is 3. The van der Waals surface area contributed by atoms with Gasteiger partial charge < -0.3 is 16.0 Å². The van der Waals surface area contributed by atoms with Crippen molar-refractivity contribution in [3.63, 3.8) is 0 Å². The summed E-state index contributed by atoms with van der Waals surface area (Å²) in [5, 5.41) is 8.66. The maximum Gasteiger partial charge on any atom is 0.251 e. The van der Waals surface area contributed by atoms with Gasteiger partial charge in [0, 0.05) is 28.4 Å². The average Bonchev–Trinajstić information content (AvgIpc) is 2.60. The molecule has 3 N–H and O–H groups in total. The molecule has 0 fully saturated rings. The molecule has 2 rings (SSSR count). The zero-order valence-electron chi connectivity index (χ0n) is 13.8. The Labute approximate surface area is 146 Å². The number of thioether (sulfide) groups is 1. The van der Waals surface area contributed by atoms with E-state index in [1.54, 1.807) is 36.0 Å². The van der Waals surface area contributed by atoms with E-state index in [-0.39, 0.29) is 18.4 Å². The SMILES string of the molecule is CCNC(=O)c1cccc(NC(=O)CNc2ccccc2SC)c1. The summed E-state index contributed by atoms with van der Waals surface area (Å²) >= 11 is 1.62. The van der Waals surface area contributed by atoms with Crippen LogP contribution in [0.15, 0.2) is 53.4 Å². The number of para-hydroxylation sites is 1. The van der Waals surface area contributed by atoms with Crippen LogP contribution < -0.4 is 16.0 Å². The molecule has 0 spiro atoms. The Balaban J connectivity index is 1.95. The normalized spacial score (nSPS) is 10.1. The third-order valence-corrected chi connectivity index (χ3v) is 4.09. The van der Waals surface area contributed by atoms with Gasteiger partial charge in [0.15, 0.2) is 0 Å². The van der Waals surface area contributed by atoms with E-state index in [1.807, 2.05) is 37.4 Å². The minimum absolute atomic E-state index is 0.152. The molecule has 0 aliphatic rings. The molecule has 2 aromatic carbocycles. The van der Waals surface area contributed by atoms with Crippen LogP contribution in [-0.4, -0.2) is 31.2 Å². The summed E-state index contributed by atoms with van der Waals surface area (Å²) < 4.78 is 0. The minimum Gasteiger partial charge on any atom is -0.375 e. The van der Waals surface area contributed by atoms with Crippen LogP contribution in [0.4, 0.5) is 11.4 Å². The van der Waals surface area contributed by atoms with Gasteiger partial charge in [0.25, 0.3) is 5.91 Å². The van der Waals surface area contributed by atoms with E-state index in [1.165, 1.54) is 0 Å². The van der Waals surface area contributed by atoms with Gasteiger partial charge in [-0.05, 0) is 43.5 Å². The summed E-state index contributed by atoms with van der Waals surface area (Å²) in [6.07, 6.45) is 1.99. The molecule has 2 aromatic rings. The highest BCUT2D eigenvalue weighted by molar-refractivity contribution is 7.98. The highest BCUT2D eigenvalue weighted by Gasteiger charge is 2.08. The van der Waals surface area contributed by atoms with Gasteiger partial charge in [0.05, 0.1) is 6.54 Å². The van der Waals surface area contributed by atoms with Crippen molar-refractivity contribution in [2.75, 3.05) is 30.0 Å². The van der Waals surface area contributed by atoms with Crippen molar-refractivity contribution in [2.24, 2.45) is 0 Å². The first-order valence-corrected chi connectivity index (χ1v) is 8.91. The Morgan fingerprint density at radius 2 is 1.88 bits per heavy atom. The first kappa shape index (κ1) is 17.9. The van der Waals surface area contributed by atoms with Crippen LogP contribution in [0.25, 0.3) is 0 Å². The molecule has 126 valence electrons. The number of anilines is 2. The number of amides is 2. The van der Waals surface area contributed by atoms with Crippen molar-refractivity contribution >= 4 is 35.0 Å². The number of carbonyl (C=O) groups is 2. The van der Waals surface area contributed by atoms with E-state index in [0.717, 1.165) is 10.6 Å². The molecular weight excluding hydrogens is 322 g/mol. The second-order valence-corrected chi connectivity index (χ2v) is 5.89. The van der Waals surface area contributed by atoms with Crippen LogP contribution in [-0.2, 0) is 4.79 Å². The van der Waals surface area contributed by atoms with Crippen molar-refractivity contribution in [1.82, 2.24) is 5.32 Å². The smallest absolute Gasteiger partial charge is 0.251 e. The van der Waals surface area contributed by atoms with E-state index in [4.69, 9.17) is 0 Å². The topological polar surface area (TPSA) is 70.2 Å². The van der Waals surface area contributed by atoms with Crippen LogP contribution in [0.3, 0.4) is 0 Å². The molecular formula is C18H21N3O2S. The Morgan fingerprint density at radius 1 is 1.08 bits per heavy atom. The summed E-state index contributed by atoms with van der Waals surface area (Å²) in [5.74, 6) is -0.320. The molecule has 0 unspecified atom stereocenters. The van der Waals surface area contributed by atoms with Crippen molar-refractivity contribution in [1.29, 1.82) is 0 Å². The van der Waals surface area contributed by atoms with Crippen LogP contribution >= 0.6 is 11.8 Å². The summed E-state index contributed by atoms with van der Waals surface area (Å²) in [5.41, 5.74) is 2.05. The minimum atomic E-state index is -0.168. The van der Waals surface area contributed by atoms with E-state index >= 15 is 0 Å². The molecule has 2 amide bonds. The molecule has 0 aliphatic heterocycles. The van der Waals surface area contributed by atoms with Crippen LogP contribution in [0.1, 0.15) is 17.3 Å². The fourth-order valence-corrected chi connectivity index (χ4v) is 2.75. The number of benzene rings is 2. The van der Waals surface area contributed by atoms with Crippen molar-refractivity contribution in [3.8, 4) is 0 Å². The molecule has 0 bridgehead atoms. The first-order chi connectivity index (χ1) is 11.6. The summed E-state index contributed by atoms with van der Waals surface area (Å²) in [7, 11) is 0. The van der Waals surface area contributed by atoms with Crippen molar-refractivity contribution in [3.05, 3.63) is 54.1 Å². The van der Waals surface area contributed by atoms with E-state index in [2.05, 4.69) is 16.0 Å². The molecule has 5 nitrogen and oxygen atoms in total. The summed E-state index contributed by atoms with van der Waals surface area (Å²) in [6.45, 7) is 2.58. The first-order valence-electron chi connectivity index (χ1n) is 7.69. The van der Waals surface area contributed by atoms with E-state index < -0.39 is 0 Å². The highest BCUT2D eigenvalue weighted by Crippen LogP contribution is 2.24. The molecule has 0 heterocycles. The summed E-state index contributed by atoms with van der Waals surface area (Å²) in [6, 6.07) is 14.7. The zero-order chi connectivity index (χ0) is 17.4. The largest absolute Gasteiger partial charge is 0.375 e. The van der Waals surface area contributed by atoms with Gasteiger partial charge in [-0.1, -0.05) is 18.2 Å². The predicted molar refractivity (Wildman–Crippen MR) is 99.8 cm³/mol. The predicted octanol–water partition coefficient (Wildman–Crippen LogP) is 3.21. The van der Waals surface area contributed by atoms with E-state index in [9.17, 15) is 9.59 Å². The third kappa shape index (κ3) is 5.03. The Bertz CT molecular complexity index is 719. The maximum atomic E-state index is 12.1. The van der Waals surface area contributed by atoms with Gasteiger partial charge in [0.1, 0.15) is 0 Å². The van der Waals surface area contributed by atoms with Gasteiger partial charge in [-0.3, -0.25) is 9.59 Å². The average molecular weight is 343 g/mol. The van der Waals surface area contributed by atoms with Gasteiger partial charge in [-0.25, -0.2) is 0 Å². The lowest BCUT2D eigenvalue weighted by Gasteiger charge is -2.11. The molecule has 0 atom stereocenters. The lowest BCUT2D eigenvalue weighted by atomic mass is 10.2. The standard InChI is InChI=1S/C18H21N3O2S/c1-3-19-18(23)13-7-6-8-14(11-13)21-17(22)12-20-15-9-4-5-10-16(15)24-2/h4-11,20H,3,12H2,1-2H3,(H,19,23)(H,21,22). The number of rotatable bonds is 7. The molecule has 0 aromatic heterocycles. The van der Waals surface area contributed by atoms with Gasteiger partial charge in [-0.2, -0.15) is 0 Å². The lowest BCUT2D eigenvalue weighted by molar-refractivity contribution is -0.114. The molecule has 24 heavy (non-hydrogen) atoms. The third-order valence-electron chi connectivity index (χ3n) is 3.29. The fraction of sp³-hybridized carbons (Fsp3) is 0.222. The maximum absolute atomic E-state index is 12.1.